The van der Waals surface area contributed by atoms with Crippen LogP contribution in [0.3, 0.4) is 0 Å². The highest BCUT2D eigenvalue weighted by Crippen LogP contribution is 2.32. The maximum absolute atomic E-state index is 6.31. The molecule has 0 aliphatic carbocycles. The van der Waals surface area contributed by atoms with E-state index < -0.39 is 0 Å². The van der Waals surface area contributed by atoms with Gasteiger partial charge >= 0.3 is 0 Å². The van der Waals surface area contributed by atoms with Gasteiger partial charge in [0.05, 0.1) is 18.0 Å². The van der Waals surface area contributed by atoms with Gasteiger partial charge in [-0.25, -0.2) is 4.98 Å². The Balaban J connectivity index is 1.91. The van der Waals surface area contributed by atoms with Crippen molar-refractivity contribution in [3.05, 3.63) is 64.3 Å². The molecular formula is C22H25ClN4O. The molecule has 146 valence electrons. The minimum Gasteiger partial charge on any atom is -0.489 e. The zero-order valence-electron chi connectivity index (χ0n) is 16.8. The first-order valence-electron chi connectivity index (χ1n) is 9.23. The van der Waals surface area contributed by atoms with Crippen LogP contribution in [0.15, 0.2) is 42.6 Å². The van der Waals surface area contributed by atoms with E-state index >= 15 is 0 Å². The normalized spacial score (nSPS) is 10.8. The number of aryl methyl sites for hydroxylation is 3. The van der Waals surface area contributed by atoms with Gasteiger partial charge in [-0.05, 0) is 69.5 Å². The van der Waals surface area contributed by atoms with Crippen molar-refractivity contribution in [3.8, 4) is 5.75 Å². The Bertz CT molecular complexity index is 988. The second-order valence-electron chi connectivity index (χ2n) is 7.05. The van der Waals surface area contributed by atoms with E-state index in [1.807, 2.05) is 57.2 Å². The van der Waals surface area contributed by atoms with E-state index in [-0.39, 0.29) is 6.10 Å². The number of anilines is 4. The average molecular weight is 397 g/mol. The van der Waals surface area contributed by atoms with Crippen molar-refractivity contribution in [1.82, 2.24) is 9.97 Å². The first-order chi connectivity index (χ1) is 13.3. The number of hydrogen-bond donors (Lipinski definition) is 2. The zero-order chi connectivity index (χ0) is 20.3. The predicted octanol–water partition coefficient (Wildman–Crippen LogP) is 6.33. The molecule has 2 aromatic carbocycles. The first-order valence-corrected chi connectivity index (χ1v) is 9.61. The standard InChI is InChI=1S/C22H25ClN4O/c1-13(2)28-20-11-16(5)15(4)10-19(20)26-22-24-12-17(23)21(27-22)25-18-9-7-6-8-14(18)3/h6-13H,1-5H3,(H2,24,25,26,27). The molecule has 0 fully saturated rings. The molecule has 0 unspecified atom stereocenters. The summed E-state index contributed by atoms with van der Waals surface area (Å²) in [5.41, 5.74) is 5.20. The summed E-state index contributed by atoms with van der Waals surface area (Å²) in [5, 5.41) is 7.00. The van der Waals surface area contributed by atoms with Crippen LogP contribution in [0, 0.1) is 20.8 Å². The highest BCUT2D eigenvalue weighted by Gasteiger charge is 2.12. The zero-order valence-corrected chi connectivity index (χ0v) is 17.6. The molecular weight excluding hydrogens is 372 g/mol. The second kappa shape index (κ2) is 8.48. The van der Waals surface area contributed by atoms with E-state index in [9.17, 15) is 0 Å². The van der Waals surface area contributed by atoms with Crippen LogP contribution < -0.4 is 15.4 Å². The van der Waals surface area contributed by atoms with Crippen LogP contribution >= 0.6 is 11.6 Å². The van der Waals surface area contributed by atoms with Crippen LogP contribution in [-0.2, 0) is 0 Å². The van der Waals surface area contributed by atoms with E-state index in [0.717, 1.165) is 28.3 Å². The lowest BCUT2D eigenvalue weighted by Gasteiger charge is -2.17. The minimum absolute atomic E-state index is 0.0621. The molecule has 5 nitrogen and oxygen atoms in total. The quantitative estimate of drug-likeness (QED) is 0.509. The SMILES string of the molecule is Cc1cc(Nc2ncc(Cl)c(Nc3ccccc3C)n2)c(OC(C)C)cc1C. The molecule has 0 aliphatic heterocycles. The van der Waals surface area contributed by atoms with Crippen LogP contribution in [0.2, 0.25) is 5.02 Å². The number of benzene rings is 2. The summed E-state index contributed by atoms with van der Waals surface area (Å²) in [7, 11) is 0. The van der Waals surface area contributed by atoms with Crippen molar-refractivity contribution in [2.24, 2.45) is 0 Å². The van der Waals surface area contributed by atoms with Gasteiger partial charge in [0.1, 0.15) is 10.8 Å². The Labute approximate surface area is 171 Å². The van der Waals surface area contributed by atoms with Gasteiger partial charge in [-0.15, -0.1) is 0 Å². The summed E-state index contributed by atoms with van der Waals surface area (Å²) < 4.78 is 5.96. The maximum Gasteiger partial charge on any atom is 0.229 e. The van der Waals surface area contributed by atoms with Crippen LogP contribution in [0.4, 0.5) is 23.1 Å². The molecule has 0 radical (unpaired) electrons. The molecule has 3 rings (SSSR count). The largest absolute Gasteiger partial charge is 0.489 e. The lowest BCUT2D eigenvalue weighted by Crippen LogP contribution is -2.09. The van der Waals surface area contributed by atoms with Gasteiger partial charge in [-0.3, -0.25) is 0 Å². The Morgan fingerprint density at radius 2 is 1.64 bits per heavy atom. The Kier molecular flexibility index (Phi) is 6.05. The van der Waals surface area contributed by atoms with Crippen molar-refractivity contribution in [2.45, 2.75) is 40.7 Å². The summed E-state index contributed by atoms with van der Waals surface area (Å²) in [5.74, 6) is 1.76. The fourth-order valence-electron chi connectivity index (χ4n) is 2.71. The highest BCUT2D eigenvalue weighted by molar-refractivity contribution is 6.32. The molecule has 1 aromatic heterocycles. The number of hydrogen-bond acceptors (Lipinski definition) is 5. The van der Waals surface area contributed by atoms with Gasteiger partial charge in [0.2, 0.25) is 5.95 Å². The van der Waals surface area contributed by atoms with Crippen LogP contribution in [-0.4, -0.2) is 16.1 Å². The molecule has 0 bridgehead atoms. The lowest BCUT2D eigenvalue weighted by atomic mass is 10.1. The smallest absolute Gasteiger partial charge is 0.229 e. The van der Waals surface area contributed by atoms with E-state index in [1.54, 1.807) is 6.20 Å². The van der Waals surface area contributed by atoms with E-state index in [1.165, 1.54) is 5.56 Å². The van der Waals surface area contributed by atoms with Crippen LogP contribution in [0.25, 0.3) is 0 Å². The molecule has 0 saturated heterocycles. The number of aromatic nitrogens is 2. The Hall–Kier alpha value is -2.79. The lowest BCUT2D eigenvalue weighted by molar-refractivity contribution is 0.243. The van der Waals surface area contributed by atoms with Crippen molar-refractivity contribution < 1.29 is 4.74 Å². The van der Waals surface area contributed by atoms with Gasteiger partial charge in [0.25, 0.3) is 0 Å². The number of para-hydroxylation sites is 1. The topological polar surface area (TPSA) is 59.1 Å². The number of nitrogens with one attached hydrogen (secondary N) is 2. The molecule has 28 heavy (non-hydrogen) atoms. The van der Waals surface area contributed by atoms with E-state index in [0.29, 0.717) is 16.8 Å². The van der Waals surface area contributed by atoms with Gasteiger partial charge < -0.3 is 15.4 Å². The predicted molar refractivity (Wildman–Crippen MR) is 116 cm³/mol. The molecule has 0 amide bonds. The van der Waals surface area contributed by atoms with Gasteiger partial charge in [-0.2, -0.15) is 4.98 Å². The summed E-state index contributed by atoms with van der Waals surface area (Å²) in [6, 6.07) is 12.0. The van der Waals surface area contributed by atoms with Gasteiger partial charge in [0.15, 0.2) is 5.82 Å². The Morgan fingerprint density at radius 3 is 2.36 bits per heavy atom. The molecule has 6 heteroatoms. The molecule has 0 atom stereocenters. The number of halogens is 1. The average Bonchev–Trinajstić information content (AvgIpc) is 2.63. The Morgan fingerprint density at radius 1 is 0.929 bits per heavy atom. The monoisotopic (exact) mass is 396 g/mol. The van der Waals surface area contributed by atoms with Gasteiger partial charge in [-0.1, -0.05) is 29.8 Å². The van der Waals surface area contributed by atoms with Crippen LogP contribution in [0.1, 0.15) is 30.5 Å². The van der Waals surface area contributed by atoms with E-state index in [2.05, 4.69) is 34.4 Å². The number of rotatable bonds is 6. The molecule has 0 saturated carbocycles. The third kappa shape index (κ3) is 4.73. The van der Waals surface area contributed by atoms with E-state index in [4.69, 9.17) is 16.3 Å². The highest BCUT2D eigenvalue weighted by atomic mass is 35.5. The molecule has 0 spiro atoms. The number of ether oxygens (including phenoxy) is 1. The van der Waals surface area contributed by atoms with Crippen molar-refractivity contribution in [2.75, 3.05) is 10.6 Å². The third-order valence-electron chi connectivity index (χ3n) is 4.35. The molecule has 2 N–H and O–H groups in total. The fourth-order valence-corrected chi connectivity index (χ4v) is 2.85. The van der Waals surface area contributed by atoms with Crippen molar-refractivity contribution in [3.63, 3.8) is 0 Å². The molecule has 0 aliphatic rings. The van der Waals surface area contributed by atoms with Crippen LogP contribution in [0.5, 0.6) is 5.75 Å². The van der Waals surface area contributed by atoms with Gasteiger partial charge in [0, 0.05) is 5.69 Å². The van der Waals surface area contributed by atoms with Crippen molar-refractivity contribution >= 4 is 34.7 Å². The summed E-state index contributed by atoms with van der Waals surface area (Å²) in [6.07, 6.45) is 1.65. The second-order valence-corrected chi connectivity index (χ2v) is 7.46. The first kappa shape index (κ1) is 20.0. The number of nitrogens with zero attached hydrogens (tertiary/aromatic N) is 2. The third-order valence-corrected chi connectivity index (χ3v) is 4.62. The fraction of sp³-hybridized carbons (Fsp3) is 0.273. The molecule has 3 aromatic rings. The summed E-state index contributed by atoms with van der Waals surface area (Å²) in [6.45, 7) is 10.2. The molecule has 1 heterocycles. The maximum atomic E-state index is 6.31. The minimum atomic E-state index is 0.0621. The van der Waals surface area contributed by atoms with Crippen molar-refractivity contribution in [1.29, 1.82) is 0 Å². The summed E-state index contributed by atoms with van der Waals surface area (Å²) >= 11 is 6.31. The summed E-state index contributed by atoms with van der Waals surface area (Å²) in [4.78, 5) is 8.88.